The van der Waals surface area contributed by atoms with Crippen molar-refractivity contribution in [1.82, 2.24) is 9.29 Å². The van der Waals surface area contributed by atoms with E-state index in [0.717, 1.165) is 22.4 Å². The van der Waals surface area contributed by atoms with Crippen LogP contribution in [0.3, 0.4) is 0 Å². The van der Waals surface area contributed by atoms with E-state index in [-0.39, 0.29) is 18.0 Å². The molecule has 0 radical (unpaired) electrons. The Morgan fingerprint density at radius 2 is 1.45 bits per heavy atom. The van der Waals surface area contributed by atoms with Gasteiger partial charge >= 0.3 is 0 Å². The number of aryl methyl sites for hydroxylation is 1. The highest BCUT2D eigenvalue weighted by Gasteiger charge is 2.25. The Bertz CT molecular complexity index is 1270. The summed E-state index contributed by atoms with van der Waals surface area (Å²) in [7, 11) is -3.78. The van der Waals surface area contributed by atoms with Gasteiger partial charge in [-0.25, -0.2) is 13.4 Å². The zero-order valence-corrected chi connectivity index (χ0v) is 19.7. The van der Waals surface area contributed by atoms with Gasteiger partial charge in [0.25, 0.3) is 0 Å². The van der Waals surface area contributed by atoms with Crippen LogP contribution < -0.4 is 5.32 Å². The van der Waals surface area contributed by atoms with Crippen molar-refractivity contribution in [1.29, 1.82) is 0 Å². The molecule has 0 saturated heterocycles. The maximum absolute atomic E-state index is 13.6. The van der Waals surface area contributed by atoms with E-state index in [1.807, 2.05) is 79.7 Å². The van der Waals surface area contributed by atoms with Crippen molar-refractivity contribution in [3.05, 3.63) is 119 Å². The van der Waals surface area contributed by atoms with Crippen LogP contribution in [0.5, 0.6) is 0 Å². The molecule has 0 bridgehead atoms. The average molecular weight is 478 g/mol. The summed E-state index contributed by atoms with van der Waals surface area (Å²) in [6.45, 7) is 2.47. The summed E-state index contributed by atoms with van der Waals surface area (Å²) < 4.78 is 28.6. The molecule has 7 heteroatoms. The first-order chi connectivity index (χ1) is 15.9. The molecular weight excluding hydrogens is 454 g/mol. The summed E-state index contributed by atoms with van der Waals surface area (Å²) >= 11 is 6.02. The van der Waals surface area contributed by atoms with Gasteiger partial charge in [0.05, 0.1) is 0 Å². The van der Waals surface area contributed by atoms with Gasteiger partial charge in [-0.3, -0.25) is 0 Å². The molecule has 168 valence electrons. The molecule has 0 aliphatic carbocycles. The molecule has 0 atom stereocenters. The van der Waals surface area contributed by atoms with Gasteiger partial charge < -0.3 is 5.32 Å². The first kappa shape index (κ1) is 23.0. The third-order valence-electron chi connectivity index (χ3n) is 5.23. The largest absolute Gasteiger partial charge is 0.340 e. The second kappa shape index (κ2) is 10.2. The van der Waals surface area contributed by atoms with Crippen LogP contribution in [0.15, 0.2) is 102 Å². The summed E-state index contributed by atoms with van der Waals surface area (Å²) in [6, 6.07) is 27.9. The smallest absolute Gasteiger partial charge is 0.245 e. The van der Waals surface area contributed by atoms with Gasteiger partial charge in [0, 0.05) is 30.0 Å². The summed E-state index contributed by atoms with van der Waals surface area (Å²) in [6.07, 6.45) is 1.39. The van der Waals surface area contributed by atoms with Crippen LogP contribution in [0.25, 0.3) is 0 Å². The zero-order chi connectivity index (χ0) is 23.3. The number of rotatable bonds is 8. The van der Waals surface area contributed by atoms with Crippen LogP contribution in [-0.2, 0) is 23.1 Å². The Kier molecular flexibility index (Phi) is 7.08. The van der Waals surface area contributed by atoms with Crippen LogP contribution in [0.2, 0.25) is 5.02 Å². The minimum Gasteiger partial charge on any atom is -0.340 e. The molecule has 1 N–H and O–H groups in total. The number of hydrogen-bond acceptors (Lipinski definition) is 4. The van der Waals surface area contributed by atoms with Gasteiger partial charge in [0.2, 0.25) is 10.0 Å². The molecule has 0 aliphatic rings. The summed E-state index contributed by atoms with van der Waals surface area (Å²) in [4.78, 5) is 4.50. The quantitative estimate of drug-likeness (QED) is 0.329. The van der Waals surface area contributed by atoms with Crippen molar-refractivity contribution in [2.24, 2.45) is 0 Å². The third-order valence-corrected chi connectivity index (χ3v) is 7.24. The highest BCUT2D eigenvalue weighted by molar-refractivity contribution is 7.89. The third kappa shape index (κ3) is 5.79. The lowest BCUT2D eigenvalue weighted by Crippen LogP contribution is -2.30. The molecule has 5 nitrogen and oxygen atoms in total. The van der Waals surface area contributed by atoms with E-state index in [0.29, 0.717) is 10.8 Å². The van der Waals surface area contributed by atoms with E-state index < -0.39 is 10.0 Å². The van der Waals surface area contributed by atoms with Crippen molar-refractivity contribution in [2.45, 2.75) is 24.9 Å². The lowest BCUT2D eigenvalue weighted by atomic mass is 10.2. The molecule has 3 aromatic carbocycles. The van der Waals surface area contributed by atoms with Crippen LogP contribution in [-0.4, -0.2) is 17.7 Å². The Hall–Kier alpha value is -3.19. The lowest BCUT2D eigenvalue weighted by molar-refractivity contribution is 0.401. The van der Waals surface area contributed by atoms with Gasteiger partial charge in [-0.2, -0.15) is 4.31 Å². The number of hydrogen-bond donors (Lipinski definition) is 1. The first-order valence-corrected chi connectivity index (χ1v) is 12.3. The number of nitrogens with one attached hydrogen (secondary N) is 1. The number of aromatic nitrogens is 1. The topological polar surface area (TPSA) is 62.3 Å². The normalized spacial score (nSPS) is 11.5. The number of anilines is 2. The summed E-state index contributed by atoms with van der Waals surface area (Å²) in [5.74, 6) is 0.553. The molecule has 0 unspecified atom stereocenters. The van der Waals surface area contributed by atoms with Crippen molar-refractivity contribution in [3.8, 4) is 0 Å². The maximum Gasteiger partial charge on any atom is 0.245 e. The number of benzene rings is 3. The summed E-state index contributed by atoms with van der Waals surface area (Å²) in [5, 5.41) is 3.87. The molecule has 1 aromatic heterocycles. The van der Waals surface area contributed by atoms with Crippen LogP contribution >= 0.6 is 11.6 Å². The van der Waals surface area contributed by atoms with Crippen molar-refractivity contribution >= 4 is 33.1 Å². The first-order valence-electron chi connectivity index (χ1n) is 10.5. The van der Waals surface area contributed by atoms with Crippen LogP contribution in [0.1, 0.15) is 16.7 Å². The van der Waals surface area contributed by atoms with Gasteiger partial charge in [0.1, 0.15) is 10.7 Å². The maximum atomic E-state index is 13.6. The second-order valence-corrected chi connectivity index (χ2v) is 10.1. The van der Waals surface area contributed by atoms with E-state index in [9.17, 15) is 8.42 Å². The fraction of sp³-hybridized carbons (Fsp3) is 0.115. The van der Waals surface area contributed by atoms with Crippen molar-refractivity contribution < 1.29 is 8.42 Å². The molecule has 0 fully saturated rings. The molecular formula is C26H24ClN3O2S. The van der Waals surface area contributed by atoms with E-state index >= 15 is 0 Å². The number of sulfonamides is 1. The minimum atomic E-state index is -3.78. The molecule has 0 spiro atoms. The number of nitrogens with zero attached hydrogens (tertiary/aromatic N) is 2. The molecule has 4 aromatic rings. The molecule has 4 rings (SSSR count). The van der Waals surface area contributed by atoms with Crippen molar-refractivity contribution in [2.75, 3.05) is 5.32 Å². The second-order valence-electron chi connectivity index (χ2n) is 7.71. The van der Waals surface area contributed by atoms with E-state index in [2.05, 4.69) is 10.3 Å². The molecule has 33 heavy (non-hydrogen) atoms. The summed E-state index contributed by atoms with van der Waals surface area (Å²) in [5.41, 5.74) is 3.66. The Labute approximate surface area is 199 Å². The predicted molar refractivity (Wildman–Crippen MR) is 133 cm³/mol. The van der Waals surface area contributed by atoms with E-state index in [1.165, 1.54) is 10.5 Å². The van der Waals surface area contributed by atoms with Gasteiger partial charge in [-0.05, 0) is 53.9 Å². The van der Waals surface area contributed by atoms with E-state index in [4.69, 9.17) is 11.6 Å². The Morgan fingerprint density at radius 3 is 1.97 bits per heavy atom. The van der Waals surface area contributed by atoms with Crippen molar-refractivity contribution in [3.63, 3.8) is 0 Å². The van der Waals surface area contributed by atoms with E-state index in [1.54, 1.807) is 18.2 Å². The molecule has 1 heterocycles. The van der Waals surface area contributed by atoms with Gasteiger partial charge in [-0.1, -0.05) is 72.3 Å². The highest BCUT2D eigenvalue weighted by atomic mass is 35.5. The molecule has 0 aliphatic heterocycles. The van der Waals surface area contributed by atoms with Gasteiger partial charge in [0.15, 0.2) is 0 Å². The number of halogens is 1. The SMILES string of the molecule is Cc1cc(Cl)ccc1Nc1ccc(S(=O)(=O)N(Cc2ccccc2)Cc2ccccc2)cn1. The fourth-order valence-electron chi connectivity index (χ4n) is 3.46. The standard InChI is InChI=1S/C26H24ClN3O2S/c1-20-16-23(27)12-14-25(20)29-26-15-13-24(17-28-26)33(31,32)30(18-21-8-4-2-5-9-21)19-22-10-6-3-7-11-22/h2-17H,18-19H2,1H3,(H,28,29). The Morgan fingerprint density at radius 1 is 0.848 bits per heavy atom. The van der Waals surface area contributed by atoms with Crippen LogP contribution in [0, 0.1) is 6.92 Å². The fourth-order valence-corrected chi connectivity index (χ4v) is 5.05. The zero-order valence-electron chi connectivity index (χ0n) is 18.1. The average Bonchev–Trinajstić information content (AvgIpc) is 2.82. The minimum absolute atomic E-state index is 0.146. The Balaban J connectivity index is 1.59. The monoisotopic (exact) mass is 477 g/mol. The lowest BCUT2D eigenvalue weighted by Gasteiger charge is -2.22. The molecule has 0 saturated carbocycles. The van der Waals surface area contributed by atoms with Crippen LogP contribution in [0.4, 0.5) is 11.5 Å². The number of pyridine rings is 1. The van der Waals surface area contributed by atoms with Gasteiger partial charge in [-0.15, -0.1) is 0 Å². The highest BCUT2D eigenvalue weighted by Crippen LogP contribution is 2.25. The predicted octanol–water partition coefficient (Wildman–Crippen LogP) is 6.18. The molecule has 0 amide bonds.